The molecular formula is C23H26F4N4O7S. The SMILES string of the molecule is CCS(=O)(=O)Nc1cc(C(=O)O)ccc1N1CCN(CC(=O)Nc2ccc(F)cc2)CC1.O=C(O)C(F)(F)F. The van der Waals surface area contributed by atoms with Gasteiger partial charge in [-0.15, -0.1) is 0 Å². The van der Waals surface area contributed by atoms with Crippen molar-refractivity contribution < 1.29 is 50.6 Å². The molecule has 39 heavy (non-hydrogen) atoms. The summed E-state index contributed by atoms with van der Waals surface area (Å²) in [5, 5.41) is 19.1. The lowest BCUT2D eigenvalue weighted by molar-refractivity contribution is -0.192. The smallest absolute Gasteiger partial charge is 0.478 e. The van der Waals surface area contributed by atoms with Crippen LogP contribution in [-0.2, 0) is 19.6 Å². The summed E-state index contributed by atoms with van der Waals surface area (Å²) in [5.74, 6) is -4.64. The molecule has 4 N–H and O–H groups in total. The van der Waals surface area contributed by atoms with Crippen LogP contribution in [0.5, 0.6) is 0 Å². The molecule has 11 nitrogen and oxygen atoms in total. The number of carbonyl (C=O) groups is 3. The minimum atomic E-state index is -5.08. The third-order valence-electron chi connectivity index (χ3n) is 5.34. The van der Waals surface area contributed by atoms with E-state index in [-0.39, 0.29) is 35.3 Å². The molecule has 2 aromatic rings. The van der Waals surface area contributed by atoms with E-state index in [1.165, 1.54) is 43.3 Å². The number of piperazine rings is 1. The van der Waals surface area contributed by atoms with Crippen LogP contribution in [0, 0.1) is 5.82 Å². The molecule has 0 aromatic heterocycles. The van der Waals surface area contributed by atoms with Crippen molar-refractivity contribution >= 4 is 44.9 Å². The van der Waals surface area contributed by atoms with Crippen LogP contribution >= 0.6 is 0 Å². The highest BCUT2D eigenvalue weighted by Crippen LogP contribution is 2.29. The zero-order chi connectivity index (χ0) is 29.4. The zero-order valence-corrected chi connectivity index (χ0v) is 21.4. The number of benzene rings is 2. The number of nitrogens with zero attached hydrogens (tertiary/aromatic N) is 2. The van der Waals surface area contributed by atoms with Gasteiger partial charge in [0.25, 0.3) is 0 Å². The number of amides is 1. The maximum atomic E-state index is 13.0. The number of carboxylic acid groups (broad SMARTS) is 2. The van der Waals surface area contributed by atoms with Gasteiger partial charge in [-0.05, 0) is 49.4 Å². The van der Waals surface area contributed by atoms with E-state index in [1.807, 2.05) is 9.80 Å². The first kappa shape index (κ1) is 31.3. The molecule has 3 rings (SSSR count). The van der Waals surface area contributed by atoms with Crippen LogP contribution in [-0.4, -0.2) is 86.0 Å². The molecule has 1 aliphatic heterocycles. The molecule has 0 unspecified atom stereocenters. The van der Waals surface area contributed by atoms with Crippen molar-refractivity contribution in [3.8, 4) is 0 Å². The minimum absolute atomic E-state index is 0.0151. The average Bonchev–Trinajstić information content (AvgIpc) is 2.85. The summed E-state index contributed by atoms with van der Waals surface area (Å²) in [6.45, 7) is 3.82. The van der Waals surface area contributed by atoms with Crippen molar-refractivity contribution in [3.05, 3.63) is 53.8 Å². The fourth-order valence-corrected chi connectivity index (χ4v) is 3.99. The molecule has 0 saturated carbocycles. The third kappa shape index (κ3) is 10.0. The van der Waals surface area contributed by atoms with Gasteiger partial charge in [0.15, 0.2) is 0 Å². The van der Waals surface area contributed by atoms with Gasteiger partial charge in [0.05, 0.1) is 29.2 Å². The molecule has 214 valence electrons. The fraction of sp³-hybridized carbons (Fsp3) is 0.348. The third-order valence-corrected chi connectivity index (χ3v) is 6.63. The fourth-order valence-electron chi connectivity index (χ4n) is 3.35. The molecule has 2 aromatic carbocycles. The number of hydrogen-bond donors (Lipinski definition) is 4. The van der Waals surface area contributed by atoms with Crippen LogP contribution in [0.2, 0.25) is 0 Å². The molecule has 16 heteroatoms. The van der Waals surface area contributed by atoms with Crippen molar-refractivity contribution in [2.75, 3.05) is 53.4 Å². The van der Waals surface area contributed by atoms with Crippen LogP contribution in [0.25, 0.3) is 0 Å². The van der Waals surface area contributed by atoms with Crippen molar-refractivity contribution in [2.45, 2.75) is 13.1 Å². The number of nitrogens with one attached hydrogen (secondary N) is 2. The number of alkyl halides is 3. The molecule has 1 heterocycles. The lowest BCUT2D eigenvalue weighted by Gasteiger charge is -2.36. The molecule has 1 saturated heterocycles. The summed E-state index contributed by atoms with van der Waals surface area (Å²) in [4.78, 5) is 36.4. The molecule has 1 aliphatic rings. The van der Waals surface area contributed by atoms with E-state index in [2.05, 4.69) is 10.0 Å². The molecule has 1 fully saturated rings. The number of aliphatic carboxylic acids is 1. The quantitative estimate of drug-likeness (QED) is 0.346. The van der Waals surface area contributed by atoms with Crippen LogP contribution in [0.1, 0.15) is 17.3 Å². The topological polar surface area (TPSA) is 156 Å². The Morgan fingerprint density at radius 2 is 1.54 bits per heavy atom. The zero-order valence-electron chi connectivity index (χ0n) is 20.5. The predicted octanol–water partition coefficient (Wildman–Crippen LogP) is 2.68. The summed E-state index contributed by atoms with van der Waals surface area (Å²) >= 11 is 0. The number of hydrogen-bond acceptors (Lipinski definition) is 7. The highest BCUT2D eigenvalue weighted by molar-refractivity contribution is 7.92. The van der Waals surface area contributed by atoms with Gasteiger partial charge in [0.1, 0.15) is 5.82 Å². The standard InChI is InChI=1S/C21H25FN4O5S.C2HF3O2/c1-2-32(30,31)24-18-13-15(21(28)29)3-8-19(18)26-11-9-25(10-12-26)14-20(27)23-17-6-4-16(22)5-7-17;3-2(4,5)1(6)7/h3-8,13,24H,2,9-12,14H2,1H3,(H,23,27)(H,28,29);(H,6,7). The summed E-state index contributed by atoms with van der Waals surface area (Å²) in [7, 11) is -3.59. The highest BCUT2D eigenvalue weighted by Gasteiger charge is 2.38. The molecule has 0 atom stereocenters. The first-order chi connectivity index (χ1) is 18.1. The Morgan fingerprint density at radius 3 is 2.03 bits per heavy atom. The molecule has 0 bridgehead atoms. The van der Waals surface area contributed by atoms with Gasteiger partial charge in [-0.3, -0.25) is 14.4 Å². The van der Waals surface area contributed by atoms with E-state index in [0.717, 1.165) is 0 Å². The first-order valence-corrected chi connectivity index (χ1v) is 13.0. The van der Waals surface area contributed by atoms with E-state index in [0.29, 0.717) is 37.6 Å². The van der Waals surface area contributed by atoms with Crippen molar-refractivity contribution in [3.63, 3.8) is 0 Å². The highest BCUT2D eigenvalue weighted by atomic mass is 32.2. The monoisotopic (exact) mass is 578 g/mol. The maximum Gasteiger partial charge on any atom is 0.490 e. The average molecular weight is 579 g/mol. The Balaban J connectivity index is 0.000000673. The van der Waals surface area contributed by atoms with Gasteiger partial charge in [0, 0.05) is 31.9 Å². The summed E-state index contributed by atoms with van der Waals surface area (Å²) in [6, 6.07) is 9.86. The van der Waals surface area contributed by atoms with Gasteiger partial charge >= 0.3 is 18.1 Å². The Hall–Kier alpha value is -3.92. The van der Waals surface area contributed by atoms with Gasteiger partial charge in [0.2, 0.25) is 15.9 Å². The number of carbonyl (C=O) groups excluding carboxylic acids is 1. The number of rotatable bonds is 8. The van der Waals surface area contributed by atoms with Crippen LogP contribution < -0.4 is 14.9 Å². The summed E-state index contributed by atoms with van der Waals surface area (Å²) in [6.07, 6.45) is -5.08. The normalized spacial score (nSPS) is 14.1. The Bertz CT molecular complexity index is 1280. The number of aromatic carboxylic acids is 1. The molecule has 0 spiro atoms. The maximum absolute atomic E-state index is 13.0. The summed E-state index contributed by atoms with van der Waals surface area (Å²) < 4.78 is 71.3. The molecule has 0 radical (unpaired) electrons. The second-order valence-electron chi connectivity index (χ2n) is 8.16. The van der Waals surface area contributed by atoms with Crippen LogP contribution in [0.4, 0.5) is 34.6 Å². The largest absolute Gasteiger partial charge is 0.490 e. The number of sulfonamides is 1. The number of anilines is 3. The van der Waals surface area contributed by atoms with Crippen LogP contribution in [0.3, 0.4) is 0 Å². The Labute approximate surface area is 221 Å². The summed E-state index contributed by atoms with van der Waals surface area (Å²) in [5.41, 5.74) is 1.30. The van der Waals surface area contributed by atoms with Gasteiger partial charge in [-0.2, -0.15) is 13.2 Å². The minimum Gasteiger partial charge on any atom is -0.478 e. The van der Waals surface area contributed by atoms with Crippen LogP contribution in [0.15, 0.2) is 42.5 Å². The van der Waals surface area contributed by atoms with E-state index >= 15 is 0 Å². The Kier molecular flexibility index (Phi) is 10.6. The van der Waals surface area contributed by atoms with E-state index in [1.54, 1.807) is 6.07 Å². The van der Waals surface area contributed by atoms with E-state index in [4.69, 9.17) is 9.90 Å². The number of carboxylic acids is 2. The lowest BCUT2D eigenvalue weighted by atomic mass is 10.1. The van der Waals surface area contributed by atoms with Gasteiger partial charge in [-0.1, -0.05) is 0 Å². The van der Waals surface area contributed by atoms with Crippen molar-refractivity contribution in [1.82, 2.24) is 4.90 Å². The lowest BCUT2D eigenvalue weighted by Crippen LogP contribution is -2.48. The number of halogens is 4. The van der Waals surface area contributed by atoms with Crippen molar-refractivity contribution in [2.24, 2.45) is 0 Å². The van der Waals surface area contributed by atoms with Gasteiger partial charge < -0.3 is 20.4 Å². The predicted molar refractivity (Wildman–Crippen MR) is 134 cm³/mol. The molecule has 1 amide bonds. The second kappa shape index (κ2) is 13.2. The first-order valence-electron chi connectivity index (χ1n) is 11.3. The Morgan fingerprint density at radius 1 is 0.974 bits per heavy atom. The van der Waals surface area contributed by atoms with E-state index in [9.17, 15) is 40.7 Å². The van der Waals surface area contributed by atoms with Gasteiger partial charge in [-0.25, -0.2) is 22.4 Å². The van der Waals surface area contributed by atoms with E-state index < -0.39 is 28.1 Å². The molecular weight excluding hydrogens is 552 g/mol. The molecule has 0 aliphatic carbocycles. The van der Waals surface area contributed by atoms with Crippen molar-refractivity contribution in [1.29, 1.82) is 0 Å². The second-order valence-corrected chi connectivity index (χ2v) is 10.2.